The van der Waals surface area contributed by atoms with Gasteiger partial charge in [-0.2, -0.15) is 0 Å². The van der Waals surface area contributed by atoms with Gasteiger partial charge in [0.05, 0.1) is 0 Å². The Kier molecular flexibility index (Phi) is 8.61. The maximum absolute atomic E-state index is 12.5. The molecule has 1 heterocycles. The van der Waals surface area contributed by atoms with Crippen LogP contribution in [0.25, 0.3) is 0 Å². The van der Waals surface area contributed by atoms with E-state index in [0.29, 0.717) is 16.7 Å². The summed E-state index contributed by atoms with van der Waals surface area (Å²) in [4.78, 5) is 1.07. The highest BCUT2D eigenvalue weighted by Crippen LogP contribution is 2.24. The number of hydrogen-bond acceptors (Lipinski definition) is 3. The van der Waals surface area contributed by atoms with Crippen molar-refractivity contribution < 1.29 is 8.42 Å². The number of unbranched alkanes of at least 4 members (excludes halogenated alkanes) is 1. The van der Waals surface area contributed by atoms with E-state index < -0.39 is 10.0 Å². The van der Waals surface area contributed by atoms with Crippen LogP contribution in [0.4, 0.5) is 0 Å². The summed E-state index contributed by atoms with van der Waals surface area (Å²) in [5.41, 5.74) is 1.16. The highest BCUT2D eigenvalue weighted by Gasteiger charge is 2.18. The molecule has 0 spiro atoms. The molecule has 144 valence electrons. The van der Waals surface area contributed by atoms with Gasteiger partial charge in [0.2, 0.25) is 10.0 Å². The zero-order valence-electron chi connectivity index (χ0n) is 15.5. The second kappa shape index (κ2) is 10.5. The van der Waals surface area contributed by atoms with E-state index in [1.165, 1.54) is 11.3 Å². The maximum Gasteiger partial charge on any atom is 0.250 e. The van der Waals surface area contributed by atoms with Crippen molar-refractivity contribution >= 4 is 33.0 Å². The lowest BCUT2D eigenvalue weighted by Crippen LogP contribution is -2.28. The Morgan fingerprint density at radius 2 is 1.96 bits per heavy atom. The molecule has 0 aliphatic rings. The van der Waals surface area contributed by atoms with Gasteiger partial charge >= 0.3 is 0 Å². The van der Waals surface area contributed by atoms with Crippen LogP contribution in [0.1, 0.15) is 50.0 Å². The van der Waals surface area contributed by atoms with Crippen LogP contribution in [0, 0.1) is 5.92 Å². The zero-order valence-corrected chi connectivity index (χ0v) is 17.9. The first-order valence-corrected chi connectivity index (χ1v) is 11.9. The number of benzene rings is 1. The van der Waals surface area contributed by atoms with Crippen molar-refractivity contribution in [2.45, 2.75) is 56.6 Å². The lowest BCUT2D eigenvalue weighted by Gasteiger charge is -2.14. The SMILES string of the molecule is CCCCC(CC)CNS(=O)(=O)c1ccc(CCc2cccc(Cl)c2)s1. The van der Waals surface area contributed by atoms with Crippen molar-refractivity contribution in [3.05, 3.63) is 51.9 Å². The van der Waals surface area contributed by atoms with Gasteiger partial charge in [0, 0.05) is 16.4 Å². The summed E-state index contributed by atoms with van der Waals surface area (Å²) in [7, 11) is -3.41. The Balaban J connectivity index is 1.92. The van der Waals surface area contributed by atoms with Gasteiger partial charge in [-0.1, -0.05) is 56.8 Å². The van der Waals surface area contributed by atoms with Gasteiger partial charge in [-0.15, -0.1) is 11.3 Å². The minimum atomic E-state index is -3.41. The summed E-state index contributed by atoms with van der Waals surface area (Å²) in [6, 6.07) is 11.4. The fourth-order valence-corrected chi connectivity index (χ4v) is 5.57. The lowest BCUT2D eigenvalue weighted by molar-refractivity contribution is 0.444. The molecule has 6 heteroatoms. The van der Waals surface area contributed by atoms with E-state index in [1.807, 2.05) is 30.3 Å². The largest absolute Gasteiger partial charge is 0.250 e. The molecule has 26 heavy (non-hydrogen) atoms. The molecule has 1 aromatic heterocycles. The predicted octanol–water partition coefficient (Wildman–Crippen LogP) is 5.68. The minimum Gasteiger partial charge on any atom is -0.210 e. The van der Waals surface area contributed by atoms with E-state index in [1.54, 1.807) is 6.07 Å². The normalized spacial score (nSPS) is 13.0. The van der Waals surface area contributed by atoms with Gasteiger partial charge in [-0.3, -0.25) is 0 Å². The highest BCUT2D eigenvalue weighted by atomic mass is 35.5. The first-order chi connectivity index (χ1) is 12.4. The fourth-order valence-electron chi connectivity index (χ4n) is 2.84. The topological polar surface area (TPSA) is 46.2 Å². The molecule has 1 unspecified atom stereocenters. The van der Waals surface area contributed by atoms with Gasteiger partial charge in [-0.05, 0) is 55.0 Å². The molecular weight excluding hydrogens is 386 g/mol. The quantitative estimate of drug-likeness (QED) is 0.514. The molecule has 0 saturated carbocycles. The van der Waals surface area contributed by atoms with Crippen LogP contribution in [0.15, 0.2) is 40.6 Å². The zero-order chi connectivity index (χ0) is 19.0. The van der Waals surface area contributed by atoms with Crippen LogP contribution >= 0.6 is 22.9 Å². The molecule has 2 aromatic rings. The van der Waals surface area contributed by atoms with Crippen molar-refractivity contribution in [2.75, 3.05) is 6.54 Å². The summed E-state index contributed by atoms with van der Waals surface area (Å²) >= 11 is 7.37. The molecule has 0 radical (unpaired) electrons. The average molecular weight is 414 g/mol. The number of halogens is 1. The van der Waals surface area contributed by atoms with E-state index in [-0.39, 0.29) is 0 Å². The second-order valence-corrected chi connectivity index (χ2v) is 10.2. The van der Waals surface area contributed by atoms with Gasteiger partial charge in [-0.25, -0.2) is 13.1 Å². The third kappa shape index (κ3) is 6.69. The Morgan fingerprint density at radius 3 is 2.65 bits per heavy atom. The Hall–Kier alpha value is -0.880. The average Bonchev–Trinajstić information content (AvgIpc) is 3.10. The Morgan fingerprint density at radius 1 is 1.15 bits per heavy atom. The summed E-state index contributed by atoms with van der Waals surface area (Å²) in [6.07, 6.45) is 6.03. The molecule has 0 saturated heterocycles. The number of nitrogens with one attached hydrogen (secondary N) is 1. The monoisotopic (exact) mass is 413 g/mol. The van der Waals surface area contributed by atoms with Crippen molar-refractivity contribution in [3.63, 3.8) is 0 Å². The first kappa shape index (κ1) is 21.4. The van der Waals surface area contributed by atoms with Gasteiger partial charge in [0.15, 0.2) is 0 Å². The molecule has 0 fully saturated rings. The molecular formula is C20H28ClNO2S2. The number of hydrogen-bond donors (Lipinski definition) is 1. The Bertz CT molecular complexity index is 787. The fraction of sp³-hybridized carbons (Fsp3) is 0.500. The molecule has 3 nitrogen and oxygen atoms in total. The highest BCUT2D eigenvalue weighted by molar-refractivity contribution is 7.91. The van der Waals surface area contributed by atoms with Crippen LogP contribution in [-0.2, 0) is 22.9 Å². The van der Waals surface area contributed by atoms with Gasteiger partial charge in [0.1, 0.15) is 4.21 Å². The number of rotatable bonds is 11. The van der Waals surface area contributed by atoms with E-state index in [2.05, 4.69) is 18.6 Å². The van der Waals surface area contributed by atoms with Crippen molar-refractivity contribution in [1.29, 1.82) is 0 Å². The summed E-state index contributed by atoms with van der Waals surface area (Å²) in [6.45, 7) is 4.80. The van der Waals surface area contributed by atoms with Crippen molar-refractivity contribution in [3.8, 4) is 0 Å². The molecule has 2 rings (SSSR count). The van der Waals surface area contributed by atoms with E-state index in [4.69, 9.17) is 11.6 Å². The third-order valence-corrected chi connectivity index (χ3v) is 7.85. The van der Waals surface area contributed by atoms with Gasteiger partial charge < -0.3 is 0 Å². The molecule has 1 atom stereocenters. The van der Waals surface area contributed by atoms with Crippen LogP contribution < -0.4 is 4.72 Å². The van der Waals surface area contributed by atoms with E-state index in [9.17, 15) is 8.42 Å². The maximum atomic E-state index is 12.5. The van der Waals surface area contributed by atoms with Crippen molar-refractivity contribution in [1.82, 2.24) is 4.72 Å². The summed E-state index contributed by atoms with van der Waals surface area (Å²) < 4.78 is 28.3. The molecule has 0 amide bonds. The van der Waals surface area contributed by atoms with Gasteiger partial charge in [0.25, 0.3) is 0 Å². The smallest absolute Gasteiger partial charge is 0.210 e. The Labute approximate surface area is 166 Å². The minimum absolute atomic E-state index is 0.406. The van der Waals surface area contributed by atoms with Crippen LogP contribution in [0.2, 0.25) is 5.02 Å². The van der Waals surface area contributed by atoms with E-state index >= 15 is 0 Å². The molecule has 1 N–H and O–H groups in total. The first-order valence-electron chi connectivity index (χ1n) is 9.27. The number of aryl methyl sites for hydroxylation is 2. The van der Waals surface area contributed by atoms with Crippen LogP contribution in [-0.4, -0.2) is 15.0 Å². The lowest BCUT2D eigenvalue weighted by atomic mass is 10.00. The molecule has 0 aliphatic carbocycles. The molecule has 0 aliphatic heterocycles. The molecule has 0 bridgehead atoms. The van der Waals surface area contributed by atoms with Crippen molar-refractivity contribution in [2.24, 2.45) is 5.92 Å². The molecule has 1 aromatic carbocycles. The van der Waals surface area contributed by atoms with Crippen LogP contribution in [0.5, 0.6) is 0 Å². The second-order valence-electron chi connectivity index (χ2n) is 6.62. The standard InChI is InChI=1S/C20H28ClNO2S2/c1-3-5-7-16(4-2)15-22-26(23,24)20-13-12-19(25-20)11-10-17-8-6-9-18(21)14-17/h6,8-9,12-14,16,22H,3-5,7,10-11,15H2,1-2H3. The summed E-state index contributed by atoms with van der Waals surface area (Å²) in [5, 5.41) is 0.731. The number of sulfonamides is 1. The summed E-state index contributed by atoms with van der Waals surface area (Å²) in [5.74, 6) is 0.409. The van der Waals surface area contributed by atoms with Crippen LogP contribution in [0.3, 0.4) is 0 Å². The van der Waals surface area contributed by atoms with E-state index in [0.717, 1.165) is 54.0 Å². The third-order valence-electron chi connectivity index (χ3n) is 4.56. The predicted molar refractivity (Wildman–Crippen MR) is 112 cm³/mol. The number of thiophene rings is 1.